The van der Waals surface area contributed by atoms with Crippen molar-refractivity contribution in [3.05, 3.63) is 0 Å². The van der Waals surface area contributed by atoms with Crippen molar-refractivity contribution in [3.63, 3.8) is 0 Å². The smallest absolute Gasteiger partial charge is 0.376 e. The van der Waals surface area contributed by atoms with Crippen LogP contribution in [0.1, 0.15) is 26.7 Å². The fourth-order valence-corrected chi connectivity index (χ4v) is 3.06. The fraction of sp³-hybridized carbons (Fsp3) is 1.00. The lowest BCUT2D eigenvalue weighted by molar-refractivity contribution is 0.101. The monoisotopic (exact) mass is 267 g/mol. The molecule has 6 heteroatoms. The molecule has 0 aromatic heterocycles. The van der Waals surface area contributed by atoms with Crippen LogP contribution in [0.2, 0.25) is 0 Å². The highest BCUT2D eigenvalue weighted by molar-refractivity contribution is 7.99. The van der Waals surface area contributed by atoms with Gasteiger partial charge in [-0.25, -0.2) is 0 Å². The standard InChI is InChI=1S/C10H25NO3SSi/c1-3-12-16(13-4-2)14-8-5-6-9-15-10-7-11/h16H,3-11H2,1-2H3. The second-order valence-electron chi connectivity index (χ2n) is 3.18. The lowest BCUT2D eigenvalue weighted by Crippen LogP contribution is -2.27. The Morgan fingerprint density at radius 2 is 1.69 bits per heavy atom. The van der Waals surface area contributed by atoms with E-state index in [9.17, 15) is 0 Å². The van der Waals surface area contributed by atoms with E-state index >= 15 is 0 Å². The predicted molar refractivity (Wildman–Crippen MR) is 72.0 cm³/mol. The van der Waals surface area contributed by atoms with Gasteiger partial charge in [0.2, 0.25) is 0 Å². The highest BCUT2D eigenvalue weighted by Crippen LogP contribution is 2.04. The molecule has 0 spiro atoms. The summed E-state index contributed by atoms with van der Waals surface area (Å²) in [5.74, 6) is 2.21. The summed E-state index contributed by atoms with van der Waals surface area (Å²) >= 11 is 1.90. The van der Waals surface area contributed by atoms with E-state index in [0.717, 1.165) is 31.1 Å². The Kier molecular flexibility index (Phi) is 13.8. The van der Waals surface area contributed by atoms with E-state index in [2.05, 4.69) is 0 Å². The molecule has 0 aromatic carbocycles. The van der Waals surface area contributed by atoms with Crippen LogP contribution in [0.3, 0.4) is 0 Å². The minimum Gasteiger partial charge on any atom is -0.376 e. The van der Waals surface area contributed by atoms with E-state index in [0.29, 0.717) is 13.2 Å². The van der Waals surface area contributed by atoms with Gasteiger partial charge in [0.05, 0.1) is 0 Å². The zero-order valence-corrected chi connectivity index (χ0v) is 12.4. The van der Waals surface area contributed by atoms with E-state index in [4.69, 9.17) is 19.0 Å². The molecule has 0 rings (SSSR count). The molecule has 0 saturated heterocycles. The topological polar surface area (TPSA) is 53.7 Å². The molecule has 0 aliphatic rings. The van der Waals surface area contributed by atoms with Crippen molar-refractivity contribution in [2.45, 2.75) is 26.7 Å². The van der Waals surface area contributed by atoms with E-state index in [1.165, 1.54) is 6.42 Å². The molecule has 0 amide bonds. The van der Waals surface area contributed by atoms with Crippen molar-refractivity contribution in [2.24, 2.45) is 5.73 Å². The molecule has 0 bridgehead atoms. The van der Waals surface area contributed by atoms with Crippen LogP contribution in [0.25, 0.3) is 0 Å². The summed E-state index contributed by atoms with van der Waals surface area (Å²) in [5, 5.41) is 0. The average molecular weight is 267 g/mol. The van der Waals surface area contributed by atoms with Crippen LogP contribution in [-0.4, -0.2) is 47.4 Å². The van der Waals surface area contributed by atoms with Gasteiger partial charge in [0.1, 0.15) is 0 Å². The largest absolute Gasteiger partial charge is 0.484 e. The first kappa shape index (κ1) is 16.4. The highest BCUT2D eigenvalue weighted by atomic mass is 32.2. The fourth-order valence-electron chi connectivity index (χ4n) is 1.09. The van der Waals surface area contributed by atoms with Gasteiger partial charge in [-0.3, -0.25) is 0 Å². The van der Waals surface area contributed by atoms with E-state index < -0.39 is 9.53 Å². The van der Waals surface area contributed by atoms with Gasteiger partial charge in [0, 0.05) is 32.1 Å². The zero-order chi connectivity index (χ0) is 12.1. The predicted octanol–water partition coefficient (Wildman–Crippen LogP) is 1.27. The Hall–Kier alpha value is 0.407. The van der Waals surface area contributed by atoms with Gasteiger partial charge in [0.15, 0.2) is 0 Å². The molecule has 0 heterocycles. The van der Waals surface area contributed by atoms with Crippen LogP contribution in [0.4, 0.5) is 0 Å². The maximum Gasteiger partial charge on any atom is 0.484 e. The van der Waals surface area contributed by atoms with Gasteiger partial charge in [-0.15, -0.1) is 0 Å². The quantitative estimate of drug-likeness (QED) is 0.426. The second kappa shape index (κ2) is 13.5. The maximum absolute atomic E-state index is 5.59. The first-order valence-corrected chi connectivity index (χ1v) is 8.54. The molecule has 0 fully saturated rings. The summed E-state index contributed by atoms with van der Waals surface area (Å²) in [7, 11) is -1.83. The number of nitrogens with two attached hydrogens (primary N) is 1. The van der Waals surface area contributed by atoms with Crippen molar-refractivity contribution in [1.82, 2.24) is 0 Å². The molecule has 0 atom stereocenters. The SMILES string of the molecule is CCO[SiH](OCC)OCCCCSCCN. The van der Waals surface area contributed by atoms with Gasteiger partial charge in [0.25, 0.3) is 0 Å². The van der Waals surface area contributed by atoms with Gasteiger partial charge in [-0.1, -0.05) is 0 Å². The number of thioether (sulfide) groups is 1. The number of rotatable bonds is 12. The molecule has 0 saturated carbocycles. The summed E-state index contributed by atoms with van der Waals surface area (Å²) in [4.78, 5) is 0. The summed E-state index contributed by atoms with van der Waals surface area (Å²) < 4.78 is 16.4. The first-order chi connectivity index (χ1) is 7.85. The molecule has 4 nitrogen and oxygen atoms in total. The Morgan fingerprint density at radius 3 is 2.25 bits per heavy atom. The summed E-state index contributed by atoms with van der Waals surface area (Å²) in [6, 6.07) is 0. The Balaban J connectivity index is 3.25. The molecule has 0 unspecified atom stereocenters. The molecule has 98 valence electrons. The van der Waals surface area contributed by atoms with Crippen LogP contribution in [0.5, 0.6) is 0 Å². The van der Waals surface area contributed by atoms with Crippen LogP contribution >= 0.6 is 11.8 Å². The van der Waals surface area contributed by atoms with Crippen molar-refractivity contribution in [2.75, 3.05) is 37.9 Å². The summed E-state index contributed by atoms with van der Waals surface area (Å²) in [5.41, 5.74) is 5.40. The van der Waals surface area contributed by atoms with Gasteiger partial charge >= 0.3 is 9.53 Å². The molecular formula is C10H25NO3SSi. The molecule has 2 N–H and O–H groups in total. The normalized spacial score (nSPS) is 11.2. The molecule has 0 radical (unpaired) electrons. The van der Waals surface area contributed by atoms with E-state index in [-0.39, 0.29) is 0 Å². The third-order valence-electron chi connectivity index (χ3n) is 1.80. The van der Waals surface area contributed by atoms with E-state index in [1.54, 1.807) is 0 Å². The molecule has 0 aromatic rings. The van der Waals surface area contributed by atoms with Crippen LogP contribution < -0.4 is 5.73 Å². The summed E-state index contributed by atoms with van der Waals surface area (Å²) in [6.07, 6.45) is 2.24. The molecule has 16 heavy (non-hydrogen) atoms. The van der Waals surface area contributed by atoms with Gasteiger partial charge in [-0.2, -0.15) is 11.8 Å². The van der Waals surface area contributed by atoms with Crippen molar-refractivity contribution >= 4 is 21.3 Å². The maximum atomic E-state index is 5.59. The van der Waals surface area contributed by atoms with Crippen LogP contribution in [-0.2, 0) is 13.3 Å². The van der Waals surface area contributed by atoms with Gasteiger partial charge in [-0.05, 0) is 32.4 Å². The third kappa shape index (κ3) is 10.9. The molecule has 0 aliphatic heterocycles. The average Bonchev–Trinajstić information content (AvgIpc) is 2.28. The number of hydrogen-bond acceptors (Lipinski definition) is 5. The third-order valence-corrected chi connectivity index (χ3v) is 4.63. The number of hydrogen-bond donors (Lipinski definition) is 1. The first-order valence-electron chi connectivity index (χ1n) is 5.97. The minimum absolute atomic E-state index is 0.670. The van der Waals surface area contributed by atoms with Crippen LogP contribution in [0.15, 0.2) is 0 Å². The molecular weight excluding hydrogens is 242 g/mol. The van der Waals surface area contributed by atoms with Crippen molar-refractivity contribution in [3.8, 4) is 0 Å². The Morgan fingerprint density at radius 1 is 1.00 bits per heavy atom. The Labute approximate surface area is 105 Å². The van der Waals surface area contributed by atoms with Gasteiger partial charge < -0.3 is 19.0 Å². The molecule has 0 aliphatic carbocycles. The second-order valence-corrected chi connectivity index (χ2v) is 5.98. The minimum atomic E-state index is -1.83. The van der Waals surface area contributed by atoms with Crippen molar-refractivity contribution in [1.29, 1.82) is 0 Å². The highest BCUT2D eigenvalue weighted by Gasteiger charge is 2.12. The van der Waals surface area contributed by atoms with Crippen LogP contribution in [0, 0.1) is 0 Å². The lowest BCUT2D eigenvalue weighted by Gasteiger charge is -2.14. The Bertz CT molecular complexity index is 137. The van der Waals surface area contributed by atoms with Crippen molar-refractivity contribution < 1.29 is 13.3 Å². The lowest BCUT2D eigenvalue weighted by atomic mass is 10.4. The zero-order valence-electron chi connectivity index (χ0n) is 10.4. The van der Waals surface area contributed by atoms with E-state index in [1.807, 2.05) is 25.6 Å². The number of unbranched alkanes of at least 4 members (excludes halogenated alkanes) is 1. The summed E-state index contributed by atoms with van der Waals surface area (Å²) in [6.45, 7) is 6.79.